The number of amides is 1. The van der Waals surface area contributed by atoms with Gasteiger partial charge in [-0.3, -0.25) is 4.79 Å². The third kappa shape index (κ3) is 4.04. The number of aryl methyl sites for hydroxylation is 1. The quantitative estimate of drug-likeness (QED) is 0.761. The molecule has 4 rings (SSSR count). The zero-order valence-corrected chi connectivity index (χ0v) is 17.8. The van der Waals surface area contributed by atoms with Crippen molar-refractivity contribution in [3.63, 3.8) is 0 Å². The van der Waals surface area contributed by atoms with Crippen molar-refractivity contribution in [2.45, 2.75) is 37.6 Å². The van der Waals surface area contributed by atoms with Crippen LogP contribution < -0.4 is 5.32 Å². The van der Waals surface area contributed by atoms with Gasteiger partial charge >= 0.3 is 0 Å². The number of nitrogens with one attached hydrogen (secondary N) is 1. The Morgan fingerprint density at radius 1 is 1.38 bits per heavy atom. The number of hydrogen-bond acceptors (Lipinski definition) is 6. The predicted octanol–water partition coefficient (Wildman–Crippen LogP) is 1.68. The van der Waals surface area contributed by atoms with E-state index in [1.54, 1.807) is 19.1 Å². The first-order chi connectivity index (χ1) is 13.7. The van der Waals surface area contributed by atoms with Gasteiger partial charge in [-0.15, -0.1) is 0 Å². The molecule has 2 fully saturated rings. The smallest absolute Gasteiger partial charge is 0.234 e. The SMILES string of the molecule is Cc1noc([C@]23C[C@H](NC(=O)Cc4ccc(Cl)cc4)CC2CN(S(C)(=O)=O)C3)n1. The number of fused-ring (bicyclic) bond motifs is 1. The van der Waals surface area contributed by atoms with Crippen molar-refractivity contribution in [2.24, 2.45) is 5.92 Å². The fourth-order valence-corrected chi connectivity index (χ4v) is 5.63. The van der Waals surface area contributed by atoms with Gasteiger partial charge in [0.25, 0.3) is 0 Å². The minimum atomic E-state index is -3.32. The fraction of sp³-hybridized carbons (Fsp3) is 0.526. The molecule has 1 amide bonds. The molecule has 0 spiro atoms. The summed E-state index contributed by atoms with van der Waals surface area (Å²) in [6, 6.07) is 7.11. The zero-order valence-electron chi connectivity index (χ0n) is 16.3. The monoisotopic (exact) mass is 438 g/mol. The molecule has 2 heterocycles. The summed E-state index contributed by atoms with van der Waals surface area (Å²) >= 11 is 5.89. The standard InChI is InChI=1S/C19H23ClN4O4S/c1-12-21-18(28-23-12)19-9-16(8-14(19)10-24(11-19)29(2,26)27)22-17(25)7-13-3-5-15(20)6-4-13/h3-6,14,16H,7-11H2,1-2H3,(H,22,25)/t14?,16-,19+/m1/s1. The Kier molecular flexibility index (Phi) is 5.16. The molecule has 29 heavy (non-hydrogen) atoms. The molecule has 2 aliphatic rings. The fourth-order valence-electron chi connectivity index (χ4n) is 4.58. The molecular weight excluding hydrogens is 416 g/mol. The Balaban J connectivity index is 1.50. The lowest BCUT2D eigenvalue weighted by atomic mass is 9.80. The van der Waals surface area contributed by atoms with E-state index in [1.165, 1.54) is 10.6 Å². The molecule has 1 saturated carbocycles. The van der Waals surface area contributed by atoms with Crippen molar-refractivity contribution in [1.29, 1.82) is 0 Å². The first kappa shape index (κ1) is 20.3. The van der Waals surface area contributed by atoms with Gasteiger partial charge in [-0.25, -0.2) is 12.7 Å². The third-order valence-corrected chi connectivity index (χ3v) is 7.38. The molecular formula is C19H23ClN4O4S. The van der Waals surface area contributed by atoms with E-state index in [0.29, 0.717) is 42.7 Å². The predicted molar refractivity (Wildman–Crippen MR) is 107 cm³/mol. The average Bonchev–Trinajstić information content (AvgIpc) is 3.29. The maximum absolute atomic E-state index is 12.5. The van der Waals surface area contributed by atoms with E-state index >= 15 is 0 Å². The first-order valence-electron chi connectivity index (χ1n) is 9.45. The lowest BCUT2D eigenvalue weighted by Gasteiger charge is -2.24. The zero-order chi connectivity index (χ0) is 20.8. The summed E-state index contributed by atoms with van der Waals surface area (Å²) in [5, 5.41) is 7.63. The Hall–Kier alpha value is -1.97. The van der Waals surface area contributed by atoms with E-state index in [0.717, 1.165) is 5.56 Å². The molecule has 1 saturated heterocycles. The highest BCUT2D eigenvalue weighted by atomic mass is 35.5. The highest BCUT2D eigenvalue weighted by Gasteiger charge is 2.58. The first-order valence-corrected chi connectivity index (χ1v) is 11.7. The van der Waals surface area contributed by atoms with Gasteiger partial charge in [-0.05, 0) is 43.4 Å². The average molecular weight is 439 g/mol. The molecule has 10 heteroatoms. The summed E-state index contributed by atoms with van der Waals surface area (Å²) in [7, 11) is -3.32. The topological polar surface area (TPSA) is 105 Å². The van der Waals surface area contributed by atoms with Gasteiger partial charge in [-0.2, -0.15) is 4.98 Å². The number of hydrogen-bond donors (Lipinski definition) is 1. The maximum atomic E-state index is 12.5. The van der Waals surface area contributed by atoms with Crippen molar-refractivity contribution in [3.8, 4) is 0 Å². The largest absolute Gasteiger partial charge is 0.353 e. The number of nitrogens with zero attached hydrogens (tertiary/aromatic N) is 3. The number of benzene rings is 1. The Morgan fingerprint density at radius 2 is 2.10 bits per heavy atom. The summed E-state index contributed by atoms with van der Waals surface area (Å²) in [6.07, 6.45) is 2.71. The van der Waals surface area contributed by atoms with Gasteiger partial charge in [0.2, 0.25) is 21.8 Å². The van der Waals surface area contributed by atoms with Gasteiger partial charge in [0.15, 0.2) is 5.82 Å². The molecule has 8 nitrogen and oxygen atoms in total. The van der Waals surface area contributed by atoms with E-state index in [2.05, 4.69) is 15.5 Å². The van der Waals surface area contributed by atoms with Crippen molar-refractivity contribution >= 4 is 27.5 Å². The summed E-state index contributed by atoms with van der Waals surface area (Å²) < 4.78 is 31.2. The second kappa shape index (κ2) is 7.37. The molecule has 0 radical (unpaired) electrons. The number of sulfonamides is 1. The van der Waals surface area contributed by atoms with Crippen molar-refractivity contribution in [3.05, 3.63) is 46.6 Å². The number of rotatable bonds is 5. The van der Waals surface area contributed by atoms with Crippen LogP contribution >= 0.6 is 11.6 Å². The van der Waals surface area contributed by atoms with Crippen LogP contribution in [-0.2, 0) is 26.7 Å². The van der Waals surface area contributed by atoms with E-state index in [9.17, 15) is 13.2 Å². The second-order valence-electron chi connectivity index (χ2n) is 8.06. The molecule has 3 atom stereocenters. The number of halogens is 1. The van der Waals surface area contributed by atoms with Crippen LogP contribution in [0.5, 0.6) is 0 Å². The molecule has 1 unspecified atom stereocenters. The molecule has 156 valence electrons. The Labute approximate surface area is 174 Å². The molecule has 0 bridgehead atoms. The van der Waals surface area contributed by atoms with Crippen LogP contribution in [-0.4, -0.2) is 54.2 Å². The summed E-state index contributed by atoms with van der Waals surface area (Å²) in [4.78, 5) is 16.9. The number of carbonyl (C=O) groups is 1. The van der Waals surface area contributed by atoms with Crippen LogP contribution in [0.3, 0.4) is 0 Å². The van der Waals surface area contributed by atoms with Gasteiger partial charge in [-0.1, -0.05) is 28.9 Å². The van der Waals surface area contributed by atoms with Crippen LogP contribution in [0.15, 0.2) is 28.8 Å². The minimum absolute atomic E-state index is 0.0120. The number of aromatic nitrogens is 2. The Morgan fingerprint density at radius 3 is 2.72 bits per heavy atom. The summed E-state index contributed by atoms with van der Waals surface area (Å²) in [5.74, 6) is 0.911. The second-order valence-corrected chi connectivity index (χ2v) is 10.5. The molecule has 1 aliphatic carbocycles. The van der Waals surface area contributed by atoms with Gasteiger partial charge in [0.05, 0.1) is 18.1 Å². The highest BCUT2D eigenvalue weighted by Crippen LogP contribution is 2.50. The van der Waals surface area contributed by atoms with E-state index in [1.807, 2.05) is 12.1 Å². The van der Waals surface area contributed by atoms with Crippen molar-refractivity contribution < 1.29 is 17.7 Å². The molecule has 1 aromatic carbocycles. The number of carbonyl (C=O) groups excluding carboxylic acids is 1. The molecule has 1 aromatic heterocycles. The lowest BCUT2D eigenvalue weighted by molar-refractivity contribution is -0.121. The van der Waals surface area contributed by atoms with Crippen molar-refractivity contribution in [2.75, 3.05) is 19.3 Å². The molecule has 1 aliphatic heterocycles. The van der Waals surface area contributed by atoms with E-state index in [-0.39, 0.29) is 24.3 Å². The summed E-state index contributed by atoms with van der Waals surface area (Å²) in [6.45, 7) is 2.42. The van der Waals surface area contributed by atoms with Gasteiger partial charge in [0, 0.05) is 24.2 Å². The van der Waals surface area contributed by atoms with Crippen molar-refractivity contribution in [1.82, 2.24) is 19.8 Å². The maximum Gasteiger partial charge on any atom is 0.234 e. The van der Waals surface area contributed by atoms with Crippen LogP contribution in [0.4, 0.5) is 0 Å². The third-order valence-electron chi connectivity index (χ3n) is 5.91. The van der Waals surface area contributed by atoms with Crippen LogP contribution in [0.25, 0.3) is 0 Å². The summed E-state index contributed by atoms with van der Waals surface area (Å²) in [5.41, 5.74) is 0.318. The van der Waals surface area contributed by atoms with Crippen LogP contribution in [0.1, 0.15) is 30.1 Å². The normalized spacial score (nSPS) is 27.1. The van der Waals surface area contributed by atoms with Crippen LogP contribution in [0, 0.1) is 12.8 Å². The van der Waals surface area contributed by atoms with Gasteiger partial charge in [0.1, 0.15) is 0 Å². The lowest BCUT2D eigenvalue weighted by Crippen LogP contribution is -2.39. The molecule has 1 N–H and O–H groups in total. The highest BCUT2D eigenvalue weighted by molar-refractivity contribution is 7.88. The van der Waals surface area contributed by atoms with Crippen LogP contribution in [0.2, 0.25) is 5.02 Å². The molecule has 2 aromatic rings. The van der Waals surface area contributed by atoms with E-state index in [4.69, 9.17) is 16.1 Å². The van der Waals surface area contributed by atoms with E-state index < -0.39 is 15.4 Å². The minimum Gasteiger partial charge on any atom is -0.353 e. The Bertz CT molecular complexity index is 1020. The van der Waals surface area contributed by atoms with Gasteiger partial charge < -0.3 is 9.84 Å².